The van der Waals surface area contributed by atoms with Gasteiger partial charge in [-0.1, -0.05) is 109 Å². The maximum absolute atomic E-state index is 13.1. The fraction of sp³-hybridized carbons (Fsp3) is 0.175. The number of rotatable bonds is 9. The van der Waals surface area contributed by atoms with Crippen molar-refractivity contribution >= 4 is 45.1 Å². The highest BCUT2D eigenvalue weighted by Gasteiger charge is 2.36. The van der Waals surface area contributed by atoms with E-state index in [1.165, 1.54) is 9.60 Å². The number of ether oxygens (including phenoxy) is 2. The number of imide groups is 1. The van der Waals surface area contributed by atoms with Crippen LogP contribution in [0.3, 0.4) is 0 Å². The number of carbonyl (C=O) groups excluding carboxylic acids is 2. The number of carbonyl (C=O) groups is 2. The first-order valence-corrected chi connectivity index (χ1v) is 18.0. The van der Waals surface area contributed by atoms with Gasteiger partial charge in [-0.25, -0.2) is 4.98 Å². The van der Waals surface area contributed by atoms with E-state index in [9.17, 15) is 14.7 Å². The Bertz CT molecular complexity index is 2080. The van der Waals surface area contributed by atoms with Crippen LogP contribution in [0.5, 0.6) is 0 Å². The lowest BCUT2D eigenvalue weighted by Gasteiger charge is -2.36. The van der Waals surface area contributed by atoms with Crippen molar-refractivity contribution in [3.05, 3.63) is 155 Å². The molecule has 9 heteroatoms. The summed E-state index contributed by atoms with van der Waals surface area (Å²) in [6.07, 6.45) is -0.165. The number of fused-ring (bicyclic) bond motifs is 2. The average Bonchev–Trinajstić information content (AvgIpc) is 3.68. The molecule has 8 rings (SSSR count). The first-order chi connectivity index (χ1) is 24.0. The normalized spacial score (nSPS) is 19.0. The van der Waals surface area contributed by atoms with Gasteiger partial charge in [0, 0.05) is 17.7 Å². The molecule has 1 N–H and O–H groups in total. The quantitative estimate of drug-likeness (QED) is 0.121. The summed E-state index contributed by atoms with van der Waals surface area (Å²) in [5, 5.41) is 9.56. The zero-order valence-electron chi connectivity index (χ0n) is 26.4. The van der Waals surface area contributed by atoms with E-state index in [1.807, 2.05) is 91.0 Å². The number of hydrogen-bond donors (Lipinski definition) is 1. The molecule has 1 saturated heterocycles. The molecule has 0 radical (unpaired) electrons. The van der Waals surface area contributed by atoms with Gasteiger partial charge in [-0.3, -0.25) is 14.5 Å². The lowest BCUT2D eigenvalue weighted by atomic mass is 9.97. The summed E-state index contributed by atoms with van der Waals surface area (Å²) < 4.78 is 15.4. The molecule has 244 valence electrons. The minimum absolute atomic E-state index is 0.00720. The third-order valence-electron chi connectivity index (χ3n) is 9.00. The Morgan fingerprint density at radius 3 is 2.12 bits per heavy atom. The van der Waals surface area contributed by atoms with E-state index in [0.717, 1.165) is 49.0 Å². The maximum atomic E-state index is 13.1. The molecule has 1 fully saturated rings. The lowest BCUT2D eigenvalue weighted by molar-refractivity contribution is -0.245. The smallest absolute Gasteiger partial charge is 0.261 e. The summed E-state index contributed by atoms with van der Waals surface area (Å²) in [7, 11) is 0. The molecular weight excluding hydrogens is 653 g/mol. The van der Waals surface area contributed by atoms with E-state index in [1.54, 1.807) is 47.4 Å². The molecule has 0 spiro atoms. The SMILES string of the molecule is O=C1c2ccccc2C(=O)N1Cc1ccccc1-c1ccc([C@H]2O[C@@H](CSc3nc4ccccc4s3)C[C@@H](c3ccc(CO)cc3)O2)cc1. The Balaban J connectivity index is 1.02. The van der Waals surface area contributed by atoms with Gasteiger partial charge >= 0.3 is 0 Å². The van der Waals surface area contributed by atoms with E-state index in [2.05, 4.69) is 6.07 Å². The lowest BCUT2D eigenvalue weighted by Crippen LogP contribution is -2.31. The van der Waals surface area contributed by atoms with Crippen molar-refractivity contribution in [2.24, 2.45) is 0 Å². The molecule has 2 aliphatic heterocycles. The summed E-state index contributed by atoms with van der Waals surface area (Å²) in [6, 6.07) is 39.0. The topological polar surface area (TPSA) is 89.0 Å². The summed E-state index contributed by atoms with van der Waals surface area (Å²) in [6.45, 7) is 0.177. The van der Waals surface area contributed by atoms with Gasteiger partial charge in [0.15, 0.2) is 10.6 Å². The summed E-state index contributed by atoms with van der Waals surface area (Å²) in [4.78, 5) is 32.3. The molecule has 1 aromatic heterocycles. The van der Waals surface area contributed by atoms with Crippen molar-refractivity contribution < 1.29 is 24.2 Å². The van der Waals surface area contributed by atoms with Gasteiger partial charge in [-0.2, -0.15) is 0 Å². The highest BCUT2D eigenvalue weighted by molar-refractivity contribution is 8.01. The van der Waals surface area contributed by atoms with Gasteiger partial charge in [0.1, 0.15) is 0 Å². The van der Waals surface area contributed by atoms with Crippen LogP contribution >= 0.6 is 23.1 Å². The molecule has 0 saturated carbocycles. The Labute approximate surface area is 292 Å². The summed E-state index contributed by atoms with van der Waals surface area (Å²) >= 11 is 3.40. The van der Waals surface area contributed by atoms with Crippen LogP contribution in [0.1, 0.15) is 61.8 Å². The number of aliphatic hydroxyl groups is 1. The third kappa shape index (κ3) is 6.44. The number of benzene rings is 5. The summed E-state index contributed by atoms with van der Waals surface area (Å²) in [5.74, 6) is 0.191. The molecule has 3 atom stereocenters. The zero-order chi connectivity index (χ0) is 33.3. The van der Waals surface area contributed by atoms with Crippen LogP contribution in [-0.2, 0) is 22.6 Å². The Morgan fingerprint density at radius 1 is 0.755 bits per heavy atom. The van der Waals surface area contributed by atoms with E-state index in [0.29, 0.717) is 17.5 Å². The Morgan fingerprint density at radius 2 is 1.41 bits per heavy atom. The molecule has 6 aromatic rings. The minimum Gasteiger partial charge on any atom is -0.392 e. The molecule has 3 heterocycles. The zero-order valence-corrected chi connectivity index (χ0v) is 28.0. The van der Waals surface area contributed by atoms with Crippen molar-refractivity contribution in [1.29, 1.82) is 0 Å². The van der Waals surface area contributed by atoms with Crippen molar-refractivity contribution in [3.63, 3.8) is 0 Å². The molecule has 5 aromatic carbocycles. The predicted octanol–water partition coefficient (Wildman–Crippen LogP) is 8.59. The highest BCUT2D eigenvalue weighted by atomic mass is 32.2. The third-order valence-corrected chi connectivity index (χ3v) is 11.3. The number of para-hydroxylation sites is 1. The number of thiazole rings is 1. The van der Waals surface area contributed by atoms with Crippen LogP contribution < -0.4 is 0 Å². The van der Waals surface area contributed by atoms with Gasteiger partial charge in [-0.15, -0.1) is 11.3 Å². The number of amides is 2. The highest BCUT2D eigenvalue weighted by Crippen LogP contribution is 2.41. The fourth-order valence-corrected chi connectivity index (χ4v) is 8.52. The van der Waals surface area contributed by atoms with Crippen LogP contribution in [0, 0.1) is 0 Å². The second-order valence-electron chi connectivity index (χ2n) is 12.1. The van der Waals surface area contributed by atoms with E-state index in [4.69, 9.17) is 14.5 Å². The molecule has 2 amide bonds. The van der Waals surface area contributed by atoms with Crippen molar-refractivity contribution in [2.75, 3.05) is 5.75 Å². The van der Waals surface area contributed by atoms with Gasteiger partial charge in [-0.05, 0) is 52.1 Å². The Kier molecular flexibility index (Phi) is 8.84. The van der Waals surface area contributed by atoms with E-state index < -0.39 is 6.29 Å². The van der Waals surface area contributed by atoms with Crippen LogP contribution in [0.25, 0.3) is 21.3 Å². The number of thioether (sulfide) groups is 1. The number of hydrogen-bond acceptors (Lipinski definition) is 8. The van der Waals surface area contributed by atoms with Crippen molar-refractivity contribution in [1.82, 2.24) is 9.88 Å². The fourth-order valence-electron chi connectivity index (χ4n) is 6.41. The molecule has 2 aliphatic rings. The monoisotopic (exact) mass is 684 g/mol. The molecular formula is C40H32N2O5S2. The van der Waals surface area contributed by atoms with E-state index in [-0.39, 0.29) is 37.2 Å². The maximum Gasteiger partial charge on any atom is 0.261 e. The van der Waals surface area contributed by atoms with Crippen molar-refractivity contribution in [2.45, 2.75) is 42.4 Å². The minimum atomic E-state index is -0.583. The van der Waals surface area contributed by atoms with Gasteiger partial charge < -0.3 is 14.6 Å². The van der Waals surface area contributed by atoms with Crippen LogP contribution in [0.2, 0.25) is 0 Å². The second-order valence-corrected chi connectivity index (χ2v) is 14.4. The molecule has 7 nitrogen and oxygen atoms in total. The number of aliphatic hydroxyl groups excluding tert-OH is 1. The van der Waals surface area contributed by atoms with Gasteiger partial charge in [0.05, 0.1) is 46.7 Å². The molecule has 49 heavy (non-hydrogen) atoms. The average molecular weight is 685 g/mol. The first-order valence-electron chi connectivity index (χ1n) is 16.2. The molecule has 0 aliphatic carbocycles. The van der Waals surface area contributed by atoms with Crippen LogP contribution in [0.4, 0.5) is 0 Å². The second kappa shape index (κ2) is 13.7. The van der Waals surface area contributed by atoms with Gasteiger partial charge in [0.25, 0.3) is 11.8 Å². The van der Waals surface area contributed by atoms with Crippen LogP contribution in [-0.4, -0.2) is 38.7 Å². The van der Waals surface area contributed by atoms with Gasteiger partial charge in [0.2, 0.25) is 0 Å². The standard InChI is InChI=1S/C40H32N2O5S2/c43-23-25-13-15-27(16-14-25)35-21-30(24-48-40-41-34-11-5-6-12-36(34)49-40)46-39(47-35)28-19-17-26(18-20-28)31-8-2-1-7-29(31)22-42-37(44)32-9-3-4-10-33(32)38(42)45/h1-20,30,35,39,43H,21-24H2/t30-,35+,39+/m1/s1. The van der Waals surface area contributed by atoms with E-state index >= 15 is 0 Å². The molecule has 0 bridgehead atoms. The Hall–Kier alpha value is -4.64. The number of aromatic nitrogens is 1. The van der Waals surface area contributed by atoms with Crippen molar-refractivity contribution in [3.8, 4) is 11.1 Å². The number of nitrogens with zero attached hydrogens (tertiary/aromatic N) is 2. The largest absolute Gasteiger partial charge is 0.392 e. The molecule has 0 unspecified atom stereocenters. The van der Waals surface area contributed by atoms with Crippen LogP contribution in [0.15, 0.2) is 126 Å². The predicted molar refractivity (Wildman–Crippen MR) is 191 cm³/mol. The summed E-state index contributed by atoms with van der Waals surface area (Å²) in [5.41, 5.74) is 7.49. The first kappa shape index (κ1) is 31.6.